The number of benzene rings is 1. The van der Waals surface area contributed by atoms with Crippen LogP contribution < -0.4 is 24.8 Å². The minimum Gasteiger partial charge on any atom is -1.00 e. The summed E-state index contributed by atoms with van der Waals surface area (Å²) < 4.78 is 0. The third-order valence-corrected chi connectivity index (χ3v) is 12.9. The fourth-order valence-corrected chi connectivity index (χ4v) is 8.75. The molecule has 0 nitrogen and oxygen atoms in total. The Hall–Kier alpha value is -1.15. The van der Waals surface area contributed by atoms with Crippen LogP contribution in [0.2, 0.25) is 0 Å². The molecule has 2 atom stereocenters. The van der Waals surface area contributed by atoms with Crippen molar-refractivity contribution >= 4 is 5.57 Å². The van der Waals surface area contributed by atoms with Crippen LogP contribution in [0, 0.1) is 33.5 Å². The van der Waals surface area contributed by atoms with Crippen molar-refractivity contribution in [3.05, 3.63) is 113 Å². The molecule has 0 heterocycles. The van der Waals surface area contributed by atoms with Gasteiger partial charge in [-0.3, -0.25) is 0 Å². The van der Waals surface area contributed by atoms with E-state index in [0.717, 1.165) is 12.8 Å². The minimum atomic E-state index is 0. The molecule has 1 saturated carbocycles. The van der Waals surface area contributed by atoms with E-state index >= 15 is 0 Å². The maximum atomic E-state index is 3.00. The smallest absolute Gasteiger partial charge is 1.00 e. The van der Waals surface area contributed by atoms with Crippen molar-refractivity contribution in [3.63, 3.8) is 0 Å². The molecular weight excluding hydrogens is 754 g/mol. The topological polar surface area (TPSA) is 0 Å². The van der Waals surface area contributed by atoms with Crippen LogP contribution in [0.4, 0.5) is 0 Å². The summed E-state index contributed by atoms with van der Waals surface area (Å²) in [5, 5.41) is 0. The molecule has 244 valence electrons. The summed E-state index contributed by atoms with van der Waals surface area (Å²) >= 11 is 0. The maximum Gasteiger partial charge on any atom is 4.00 e. The number of fused-ring (bicyclic) bond motifs is 6. The summed E-state index contributed by atoms with van der Waals surface area (Å²) in [6.07, 6.45) is 9.65. The zero-order chi connectivity index (χ0) is 31.5. The van der Waals surface area contributed by atoms with Crippen molar-refractivity contribution in [2.45, 2.75) is 114 Å². The van der Waals surface area contributed by atoms with Crippen LogP contribution in [0.25, 0.3) is 5.57 Å². The molecule has 2 aromatic rings. The Morgan fingerprint density at radius 3 is 2.09 bits per heavy atom. The van der Waals surface area contributed by atoms with Gasteiger partial charge in [0.2, 0.25) is 0 Å². The van der Waals surface area contributed by atoms with Gasteiger partial charge >= 0.3 is 25.8 Å². The molecule has 0 N–H and O–H groups in total. The second kappa shape index (κ2) is 14.5. The molecule has 0 aliphatic heterocycles. The van der Waals surface area contributed by atoms with Gasteiger partial charge in [-0.25, -0.2) is 12.0 Å². The molecule has 0 amide bonds. The van der Waals surface area contributed by atoms with Crippen molar-refractivity contribution in [1.82, 2.24) is 0 Å². The number of aryl methyl sites for hydroxylation is 1. The second-order valence-corrected chi connectivity index (χ2v) is 15.9. The Balaban J connectivity index is 0.000000542. The van der Waals surface area contributed by atoms with E-state index in [1.807, 2.05) is 0 Å². The molecule has 1 fully saturated rings. The predicted octanol–water partition coefficient (Wildman–Crippen LogP) is 6.04. The van der Waals surface area contributed by atoms with Crippen LogP contribution in [0.15, 0.2) is 84.5 Å². The third-order valence-electron chi connectivity index (χ3n) is 12.9. The third kappa shape index (κ3) is 6.26. The SMILES string of the molecule is C=C.CCc1cc(C(C)(C)C)c[cH-]1.C[C-]1C2=C3Cc4ccccc4C3=C3C=CCCC3C2(C)C(C)(C)C(C)(C)C1(C)C.[Cl-].[Cl-].[Hf+4]. The molecule has 45 heavy (non-hydrogen) atoms. The Labute approximate surface area is 308 Å². The standard InChI is InChI=1S/C29H37.C11H17.C2H4.2ClH.Hf/c1-18-25-22-17-19-13-9-10-14-20(19)24(22)21-15-11-12-16-23(21)29(25,8)28(6,7)27(4,5)26(18,2)3;1-5-9-6-7-10(8-9)11(2,3)4;1-2;;;/h9-11,13-15,23H,12,16-17H2,1-8H3;6-8H,5H2,1-4H3;1-2H2;2*1H;/q2*-1;;;;+4/p-2. The van der Waals surface area contributed by atoms with E-state index in [1.165, 1.54) is 35.1 Å². The van der Waals surface area contributed by atoms with Crippen LogP contribution in [0.1, 0.15) is 118 Å². The fraction of sp³-hybridized carbons (Fsp3) is 0.524. The first kappa shape index (κ1) is 41.9. The molecule has 0 saturated heterocycles. The van der Waals surface area contributed by atoms with Gasteiger partial charge in [0, 0.05) is 0 Å². The van der Waals surface area contributed by atoms with Crippen LogP contribution in [0.3, 0.4) is 0 Å². The molecule has 4 aliphatic carbocycles. The van der Waals surface area contributed by atoms with Gasteiger partial charge in [-0.1, -0.05) is 153 Å². The summed E-state index contributed by atoms with van der Waals surface area (Å²) in [6, 6.07) is 15.9. The largest absolute Gasteiger partial charge is 4.00 e. The zero-order valence-corrected chi connectivity index (χ0v) is 35.4. The fourth-order valence-electron chi connectivity index (χ4n) is 8.75. The van der Waals surface area contributed by atoms with E-state index in [9.17, 15) is 0 Å². The van der Waals surface area contributed by atoms with Gasteiger partial charge in [-0.15, -0.1) is 20.1 Å². The Kier molecular flexibility index (Phi) is 13.5. The molecule has 0 spiro atoms. The number of halogens is 2. The average Bonchev–Trinajstić information content (AvgIpc) is 3.59. The van der Waals surface area contributed by atoms with Crippen LogP contribution >= 0.6 is 0 Å². The number of rotatable bonds is 1. The van der Waals surface area contributed by atoms with Crippen molar-refractivity contribution < 1.29 is 50.7 Å². The van der Waals surface area contributed by atoms with E-state index in [2.05, 4.69) is 151 Å². The Bertz CT molecular complexity index is 1420. The van der Waals surface area contributed by atoms with E-state index in [-0.39, 0.29) is 72.3 Å². The van der Waals surface area contributed by atoms with Crippen molar-refractivity contribution in [1.29, 1.82) is 0 Å². The van der Waals surface area contributed by atoms with Gasteiger partial charge in [-0.05, 0) is 40.6 Å². The van der Waals surface area contributed by atoms with E-state index < -0.39 is 0 Å². The molecule has 4 aliphatic rings. The first-order chi connectivity index (χ1) is 19.5. The molecule has 0 bridgehead atoms. The molecule has 0 radical (unpaired) electrons. The quantitative estimate of drug-likeness (QED) is 0.188. The van der Waals surface area contributed by atoms with Crippen LogP contribution in [-0.2, 0) is 44.1 Å². The van der Waals surface area contributed by atoms with Crippen LogP contribution in [-0.4, -0.2) is 0 Å². The summed E-state index contributed by atoms with van der Waals surface area (Å²) in [5.74, 6) is 2.24. The Morgan fingerprint density at radius 2 is 1.56 bits per heavy atom. The molecule has 2 aromatic carbocycles. The van der Waals surface area contributed by atoms with Gasteiger partial charge in [0.05, 0.1) is 0 Å². The van der Waals surface area contributed by atoms with E-state index in [1.54, 1.807) is 28.2 Å². The van der Waals surface area contributed by atoms with Gasteiger partial charge in [0.25, 0.3) is 0 Å². The van der Waals surface area contributed by atoms with Gasteiger partial charge < -0.3 is 24.8 Å². The van der Waals surface area contributed by atoms with Crippen LogP contribution in [0.5, 0.6) is 0 Å². The molecule has 6 rings (SSSR count). The number of allylic oxidation sites excluding steroid dienone is 6. The van der Waals surface area contributed by atoms with E-state index in [4.69, 9.17) is 0 Å². The number of hydrogen-bond donors (Lipinski definition) is 0. The molecular formula is C42H58Cl2Hf. The summed E-state index contributed by atoms with van der Waals surface area (Å²) in [7, 11) is 0. The van der Waals surface area contributed by atoms with Crippen molar-refractivity contribution in [3.8, 4) is 0 Å². The summed E-state index contributed by atoms with van der Waals surface area (Å²) in [4.78, 5) is 0. The van der Waals surface area contributed by atoms with Gasteiger partial charge in [-0.2, -0.15) is 34.4 Å². The molecule has 2 unspecified atom stereocenters. The number of hydrogen-bond acceptors (Lipinski definition) is 0. The first-order valence-corrected chi connectivity index (χ1v) is 16.3. The van der Waals surface area contributed by atoms with Crippen molar-refractivity contribution in [2.24, 2.45) is 27.6 Å². The summed E-state index contributed by atoms with van der Waals surface area (Å²) in [5.41, 5.74) is 13.5. The second-order valence-electron chi connectivity index (χ2n) is 15.9. The van der Waals surface area contributed by atoms with Crippen molar-refractivity contribution in [2.75, 3.05) is 0 Å². The normalized spacial score (nSPS) is 24.4. The van der Waals surface area contributed by atoms with Gasteiger partial charge in [0.1, 0.15) is 0 Å². The molecule has 0 aromatic heterocycles. The maximum absolute atomic E-state index is 3.00. The Morgan fingerprint density at radius 1 is 0.956 bits per heavy atom. The molecule has 3 heteroatoms. The monoisotopic (exact) mass is 812 g/mol. The minimum absolute atomic E-state index is 0. The van der Waals surface area contributed by atoms with Gasteiger partial charge in [0.15, 0.2) is 0 Å². The zero-order valence-electron chi connectivity index (χ0n) is 30.3. The first-order valence-electron chi connectivity index (χ1n) is 16.3. The van der Waals surface area contributed by atoms with E-state index in [0.29, 0.717) is 11.3 Å². The summed E-state index contributed by atoms with van der Waals surface area (Å²) in [6.45, 7) is 35.2. The predicted molar refractivity (Wildman–Crippen MR) is 186 cm³/mol. The average molecular weight is 812 g/mol.